The molecule has 0 aliphatic heterocycles. The third-order valence-electron chi connectivity index (χ3n) is 4.97. The standard InChI is InChI=1S/C23H28O5S2/c1-26-18-11-9-17(10-12-18)23-21(8-6-4-5-7-15-28-30(3,24)25)20-14-13-19(27-2)16-22(20)29-23/h9-14,16H,4-8,15H2,1-3H3. The van der Waals surface area contributed by atoms with Crippen LogP contribution in [0, 0.1) is 0 Å². The van der Waals surface area contributed by atoms with Gasteiger partial charge >= 0.3 is 0 Å². The van der Waals surface area contributed by atoms with Gasteiger partial charge in [-0.05, 0) is 78.2 Å². The average Bonchev–Trinajstić information content (AvgIpc) is 3.10. The highest BCUT2D eigenvalue weighted by Gasteiger charge is 2.14. The SMILES string of the molecule is COc1ccc(-c2sc3cc(OC)ccc3c2CCCCCCOS(C)(=O)=O)cc1. The van der Waals surface area contributed by atoms with Gasteiger partial charge in [-0.2, -0.15) is 8.42 Å². The summed E-state index contributed by atoms with van der Waals surface area (Å²) >= 11 is 1.79. The maximum atomic E-state index is 11.0. The highest BCUT2D eigenvalue weighted by molar-refractivity contribution is 7.85. The normalized spacial score (nSPS) is 11.7. The minimum absolute atomic E-state index is 0.261. The average molecular weight is 449 g/mol. The highest BCUT2D eigenvalue weighted by atomic mass is 32.2. The number of unbranched alkanes of at least 4 members (excludes halogenated alkanes) is 3. The highest BCUT2D eigenvalue weighted by Crippen LogP contribution is 2.41. The summed E-state index contributed by atoms with van der Waals surface area (Å²) < 4.78 is 38.8. The number of hydrogen-bond acceptors (Lipinski definition) is 6. The Morgan fingerprint density at radius 3 is 2.20 bits per heavy atom. The lowest BCUT2D eigenvalue weighted by molar-refractivity contribution is 0.310. The fraction of sp³-hybridized carbons (Fsp3) is 0.391. The lowest BCUT2D eigenvalue weighted by atomic mass is 10.00. The molecule has 0 saturated carbocycles. The van der Waals surface area contributed by atoms with Gasteiger partial charge in [-0.15, -0.1) is 11.3 Å². The molecular formula is C23H28O5S2. The van der Waals surface area contributed by atoms with E-state index in [-0.39, 0.29) is 6.61 Å². The van der Waals surface area contributed by atoms with Crippen molar-refractivity contribution in [1.29, 1.82) is 0 Å². The molecule has 0 unspecified atom stereocenters. The fourth-order valence-electron chi connectivity index (χ4n) is 3.45. The zero-order valence-electron chi connectivity index (χ0n) is 17.6. The molecule has 2 aromatic carbocycles. The molecule has 3 rings (SSSR count). The summed E-state index contributed by atoms with van der Waals surface area (Å²) in [6, 6.07) is 14.4. The molecule has 0 saturated heterocycles. The summed E-state index contributed by atoms with van der Waals surface area (Å²) in [5.41, 5.74) is 2.54. The summed E-state index contributed by atoms with van der Waals surface area (Å²) in [5, 5.41) is 1.27. The molecule has 1 heterocycles. The van der Waals surface area contributed by atoms with Gasteiger partial charge in [-0.3, -0.25) is 4.18 Å². The molecule has 0 atom stereocenters. The maximum Gasteiger partial charge on any atom is 0.264 e. The Labute approximate surface area is 182 Å². The van der Waals surface area contributed by atoms with Crippen LogP contribution in [0.5, 0.6) is 11.5 Å². The van der Waals surface area contributed by atoms with Gasteiger partial charge in [0.1, 0.15) is 11.5 Å². The molecule has 0 aliphatic carbocycles. The summed E-state index contributed by atoms with van der Waals surface area (Å²) in [7, 11) is 0.0202. The predicted molar refractivity (Wildman–Crippen MR) is 123 cm³/mol. The maximum absolute atomic E-state index is 11.0. The number of benzene rings is 2. The Kier molecular flexibility index (Phi) is 7.75. The van der Waals surface area contributed by atoms with E-state index in [1.54, 1.807) is 25.6 Å². The molecule has 30 heavy (non-hydrogen) atoms. The van der Waals surface area contributed by atoms with Crippen LogP contribution in [0.15, 0.2) is 42.5 Å². The molecule has 0 bridgehead atoms. The first-order valence-electron chi connectivity index (χ1n) is 9.99. The molecule has 1 aromatic heterocycles. The lowest BCUT2D eigenvalue weighted by Crippen LogP contribution is -2.03. The van der Waals surface area contributed by atoms with Gasteiger partial charge in [0.15, 0.2) is 0 Å². The first kappa shape index (κ1) is 22.6. The van der Waals surface area contributed by atoms with Crippen molar-refractivity contribution >= 4 is 31.5 Å². The van der Waals surface area contributed by atoms with Gasteiger partial charge in [0.05, 0.1) is 27.1 Å². The molecule has 0 fully saturated rings. The molecule has 5 nitrogen and oxygen atoms in total. The number of rotatable bonds is 11. The Hall–Kier alpha value is -2.09. The van der Waals surface area contributed by atoms with Crippen molar-refractivity contribution in [3.05, 3.63) is 48.0 Å². The number of thiophene rings is 1. The first-order chi connectivity index (χ1) is 14.4. The van der Waals surface area contributed by atoms with Crippen LogP contribution in [0.1, 0.15) is 31.2 Å². The molecule has 0 aliphatic rings. The van der Waals surface area contributed by atoms with E-state index in [1.165, 1.54) is 26.1 Å². The Bertz CT molecular complexity index is 1070. The molecule has 0 amide bonds. The second-order valence-electron chi connectivity index (χ2n) is 7.19. The van der Waals surface area contributed by atoms with E-state index >= 15 is 0 Å². The number of ether oxygens (including phenoxy) is 2. The monoisotopic (exact) mass is 448 g/mol. The smallest absolute Gasteiger partial charge is 0.264 e. The second-order valence-corrected chi connectivity index (χ2v) is 9.89. The quantitative estimate of drug-likeness (QED) is 0.280. The van der Waals surface area contributed by atoms with Crippen LogP contribution in [0.3, 0.4) is 0 Å². The minimum atomic E-state index is -3.34. The van der Waals surface area contributed by atoms with Crippen molar-refractivity contribution in [2.24, 2.45) is 0 Å². The van der Waals surface area contributed by atoms with Gasteiger partial charge in [0.2, 0.25) is 0 Å². The first-order valence-corrected chi connectivity index (χ1v) is 12.6. The largest absolute Gasteiger partial charge is 0.497 e. The van der Waals surface area contributed by atoms with Crippen LogP contribution in [0.2, 0.25) is 0 Å². The Morgan fingerprint density at radius 2 is 1.53 bits per heavy atom. The van der Waals surface area contributed by atoms with Crippen molar-refractivity contribution < 1.29 is 22.1 Å². The Morgan fingerprint density at radius 1 is 0.867 bits per heavy atom. The van der Waals surface area contributed by atoms with Crippen LogP contribution in [0.4, 0.5) is 0 Å². The van der Waals surface area contributed by atoms with E-state index in [1.807, 2.05) is 18.2 Å². The van der Waals surface area contributed by atoms with E-state index in [4.69, 9.17) is 13.7 Å². The van der Waals surface area contributed by atoms with Crippen molar-refractivity contribution in [3.8, 4) is 21.9 Å². The molecule has 162 valence electrons. The molecule has 0 N–H and O–H groups in total. The fourth-order valence-corrected chi connectivity index (χ4v) is 5.15. The van der Waals surface area contributed by atoms with E-state index in [9.17, 15) is 8.42 Å². The van der Waals surface area contributed by atoms with Gasteiger partial charge < -0.3 is 9.47 Å². The van der Waals surface area contributed by atoms with Gasteiger partial charge in [-0.25, -0.2) is 0 Å². The van der Waals surface area contributed by atoms with Crippen LogP contribution in [0.25, 0.3) is 20.5 Å². The van der Waals surface area contributed by atoms with Crippen LogP contribution < -0.4 is 9.47 Å². The molecule has 3 aromatic rings. The van der Waals surface area contributed by atoms with Gasteiger partial charge in [0, 0.05) is 9.58 Å². The summed E-state index contributed by atoms with van der Waals surface area (Å²) in [6.07, 6.45) is 5.83. The summed E-state index contributed by atoms with van der Waals surface area (Å²) in [4.78, 5) is 1.28. The Balaban J connectivity index is 1.74. The van der Waals surface area contributed by atoms with Gasteiger partial charge in [-0.1, -0.05) is 12.8 Å². The minimum Gasteiger partial charge on any atom is -0.497 e. The number of fused-ring (bicyclic) bond motifs is 1. The summed E-state index contributed by atoms with van der Waals surface area (Å²) in [6.45, 7) is 0.261. The molecule has 7 heteroatoms. The zero-order valence-corrected chi connectivity index (χ0v) is 19.3. The molecule has 0 radical (unpaired) electrons. The van der Waals surface area contributed by atoms with Crippen molar-refractivity contribution in [3.63, 3.8) is 0 Å². The summed E-state index contributed by atoms with van der Waals surface area (Å²) in [5.74, 6) is 1.71. The van der Waals surface area contributed by atoms with E-state index < -0.39 is 10.1 Å². The number of methoxy groups -OCH3 is 2. The molecular weight excluding hydrogens is 420 g/mol. The second kappa shape index (κ2) is 10.3. The van der Waals surface area contributed by atoms with E-state index in [0.717, 1.165) is 49.9 Å². The van der Waals surface area contributed by atoms with Crippen molar-refractivity contribution in [1.82, 2.24) is 0 Å². The van der Waals surface area contributed by atoms with Crippen molar-refractivity contribution in [2.45, 2.75) is 32.1 Å². The lowest BCUT2D eigenvalue weighted by Gasteiger charge is -2.07. The number of hydrogen-bond donors (Lipinski definition) is 0. The van der Waals surface area contributed by atoms with Crippen LogP contribution in [-0.2, 0) is 20.7 Å². The van der Waals surface area contributed by atoms with Crippen molar-refractivity contribution in [2.75, 3.05) is 27.1 Å². The van der Waals surface area contributed by atoms with Crippen LogP contribution >= 0.6 is 11.3 Å². The van der Waals surface area contributed by atoms with E-state index in [2.05, 4.69) is 24.3 Å². The van der Waals surface area contributed by atoms with Crippen LogP contribution in [-0.4, -0.2) is 35.5 Å². The van der Waals surface area contributed by atoms with E-state index in [0.29, 0.717) is 0 Å². The number of aryl methyl sites for hydroxylation is 1. The molecule has 0 spiro atoms. The third kappa shape index (κ3) is 5.97. The topological polar surface area (TPSA) is 61.8 Å². The third-order valence-corrected chi connectivity index (χ3v) is 6.81. The van der Waals surface area contributed by atoms with Gasteiger partial charge in [0.25, 0.3) is 10.1 Å². The predicted octanol–water partition coefficient (Wildman–Crippen LogP) is 5.66. The zero-order chi connectivity index (χ0) is 21.6.